The number of fused-ring (bicyclic) bond motifs is 10. The molecule has 0 saturated carbocycles. The fourth-order valence-electron chi connectivity index (χ4n) is 5.59. The van der Waals surface area contributed by atoms with Gasteiger partial charge in [0.25, 0.3) is 0 Å². The molecule has 0 aliphatic rings. The molecule has 0 N–H and O–H groups in total. The summed E-state index contributed by atoms with van der Waals surface area (Å²) in [5, 5.41) is 5.71. The van der Waals surface area contributed by atoms with Gasteiger partial charge < -0.3 is 4.57 Å². The van der Waals surface area contributed by atoms with Gasteiger partial charge in [0, 0.05) is 47.4 Å². The highest BCUT2D eigenvalue weighted by molar-refractivity contribution is 7.27. The molecule has 2 aromatic heterocycles. The summed E-state index contributed by atoms with van der Waals surface area (Å²) in [6.07, 6.45) is 0. The molecule has 6 aromatic carbocycles. The highest BCUT2D eigenvalue weighted by Crippen LogP contribution is 2.48. The van der Waals surface area contributed by atoms with Crippen molar-refractivity contribution in [2.75, 3.05) is 0 Å². The molecule has 0 unspecified atom stereocenters. The van der Waals surface area contributed by atoms with E-state index in [9.17, 15) is 0 Å². The molecule has 0 bridgehead atoms. The van der Waals surface area contributed by atoms with Crippen LogP contribution in [0.25, 0.3) is 69.6 Å². The van der Waals surface area contributed by atoms with Crippen LogP contribution in [0.5, 0.6) is 0 Å². The van der Waals surface area contributed by atoms with Crippen LogP contribution in [0.1, 0.15) is 5.48 Å². The SMILES string of the molecule is [2H]c1c([2H])c([2H])c2c(sc3c4ccccc4c4c(c5ccc(-c6ccccc6)cc5n4-c4ccccc4)c32)c1[2H]. The Kier molecular flexibility index (Phi) is 3.42. The lowest BCUT2D eigenvalue weighted by atomic mass is 9.98. The second-order valence-corrected chi connectivity index (χ2v) is 10.1. The predicted octanol–water partition coefficient (Wildman–Crippen LogP) is 9.97. The normalized spacial score (nSPS) is 13.4. The number of aromatic nitrogens is 1. The van der Waals surface area contributed by atoms with Gasteiger partial charge in [-0.25, -0.2) is 0 Å². The Hall–Kier alpha value is -4.40. The summed E-state index contributed by atoms with van der Waals surface area (Å²) in [7, 11) is 0. The van der Waals surface area contributed by atoms with E-state index < -0.39 is 0 Å². The number of rotatable bonds is 2. The van der Waals surface area contributed by atoms with Crippen molar-refractivity contribution in [1.82, 2.24) is 4.57 Å². The molecule has 0 aliphatic carbocycles. The lowest BCUT2D eigenvalue weighted by molar-refractivity contribution is 1.19. The van der Waals surface area contributed by atoms with Gasteiger partial charge in [-0.3, -0.25) is 0 Å². The third-order valence-electron chi connectivity index (χ3n) is 7.10. The van der Waals surface area contributed by atoms with Crippen molar-refractivity contribution in [3.05, 3.63) is 127 Å². The van der Waals surface area contributed by atoms with Gasteiger partial charge in [-0.2, -0.15) is 0 Å². The molecular weight excluding hydrogens is 454 g/mol. The van der Waals surface area contributed by atoms with Gasteiger partial charge in [0.2, 0.25) is 0 Å². The number of para-hydroxylation sites is 1. The Morgan fingerprint density at radius 3 is 2.14 bits per heavy atom. The Morgan fingerprint density at radius 1 is 0.583 bits per heavy atom. The van der Waals surface area contributed by atoms with Crippen molar-refractivity contribution in [2.45, 2.75) is 0 Å². The average Bonchev–Trinajstić information content (AvgIpc) is 3.57. The smallest absolute Gasteiger partial charge is 0.0638 e. The molecule has 8 rings (SSSR count). The minimum atomic E-state index is -0.198. The van der Waals surface area contributed by atoms with E-state index in [4.69, 9.17) is 5.48 Å². The summed E-state index contributed by atoms with van der Waals surface area (Å²) >= 11 is 1.46. The van der Waals surface area contributed by atoms with Crippen LogP contribution in [0.4, 0.5) is 0 Å². The van der Waals surface area contributed by atoms with E-state index in [1.165, 1.54) is 11.3 Å². The standard InChI is InChI=1S/C34H21NS/c1-3-11-22(12-4-1)23-19-20-27-29(21-23)35(24-13-5-2-6-14-24)33-25-15-7-8-16-26(25)34-32(31(27)33)28-17-9-10-18-30(28)36-34/h1-21H/i9D,10D,17D,18D. The zero-order valence-corrected chi connectivity index (χ0v) is 20.0. The molecule has 0 amide bonds. The van der Waals surface area contributed by atoms with Crippen LogP contribution in [0.3, 0.4) is 0 Å². The molecule has 0 atom stereocenters. The first-order valence-electron chi connectivity index (χ1n) is 14.0. The molecule has 0 aliphatic heterocycles. The maximum atomic E-state index is 8.94. The van der Waals surface area contributed by atoms with E-state index in [0.717, 1.165) is 59.5 Å². The van der Waals surface area contributed by atoms with Crippen molar-refractivity contribution < 1.29 is 5.48 Å². The molecule has 0 spiro atoms. The van der Waals surface area contributed by atoms with Gasteiger partial charge in [0.05, 0.1) is 16.5 Å². The van der Waals surface area contributed by atoms with Crippen molar-refractivity contribution in [2.24, 2.45) is 0 Å². The predicted molar refractivity (Wildman–Crippen MR) is 157 cm³/mol. The van der Waals surface area contributed by atoms with Gasteiger partial charge >= 0.3 is 0 Å². The van der Waals surface area contributed by atoms with Crippen LogP contribution < -0.4 is 0 Å². The Bertz CT molecular complexity index is 2300. The van der Waals surface area contributed by atoms with Crippen molar-refractivity contribution >= 4 is 64.1 Å². The summed E-state index contributed by atoms with van der Waals surface area (Å²) in [6, 6.07) is 35.2. The number of benzene rings is 6. The monoisotopic (exact) mass is 479 g/mol. The first kappa shape index (κ1) is 16.3. The summed E-state index contributed by atoms with van der Waals surface area (Å²) in [5.74, 6) is 0. The summed E-state index contributed by atoms with van der Waals surface area (Å²) in [6.45, 7) is 0. The quantitative estimate of drug-likeness (QED) is 0.232. The fourth-order valence-corrected chi connectivity index (χ4v) is 6.74. The Balaban J connectivity index is 1.70. The molecule has 8 aromatic rings. The van der Waals surface area contributed by atoms with Crippen molar-refractivity contribution in [3.63, 3.8) is 0 Å². The van der Waals surface area contributed by atoms with Crippen LogP contribution in [0.15, 0.2) is 127 Å². The fraction of sp³-hybridized carbons (Fsp3) is 0. The van der Waals surface area contributed by atoms with Crippen molar-refractivity contribution in [1.29, 1.82) is 0 Å². The topological polar surface area (TPSA) is 4.93 Å². The van der Waals surface area contributed by atoms with Gasteiger partial charge in [-0.15, -0.1) is 11.3 Å². The summed E-state index contributed by atoms with van der Waals surface area (Å²) in [5.41, 5.74) is 5.39. The van der Waals surface area contributed by atoms with E-state index in [1.54, 1.807) is 0 Å². The molecule has 168 valence electrons. The number of hydrogen-bond acceptors (Lipinski definition) is 1. The Morgan fingerprint density at radius 2 is 1.31 bits per heavy atom. The maximum Gasteiger partial charge on any atom is 0.0638 e. The first-order valence-corrected chi connectivity index (χ1v) is 12.8. The van der Waals surface area contributed by atoms with E-state index in [1.807, 2.05) is 42.5 Å². The van der Waals surface area contributed by atoms with Gasteiger partial charge in [0.1, 0.15) is 0 Å². The van der Waals surface area contributed by atoms with E-state index in [-0.39, 0.29) is 24.2 Å². The third kappa shape index (κ3) is 2.71. The van der Waals surface area contributed by atoms with Gasteiger partial charge in [-0.1, -0.05) is 103 Å². The molecule has 2 heterocycles. The molecule has 36 heavy (non-hydrogen) atoms. The Labute approximate surface area is 218 Å². The largest absolute Gasteiger partial charge is 0.309 e. The van der Waals surface area contributed by atoms with Crippen LogP contribution in [0.2, 0.25) is 0 Å². The molecule has 1 nitrogen and oxygen atoms in total. The van der Waals surface area contributed by atoms with Gasteiger partial charge in [-0.05, 0) is 35.4 Å². The average molecular weight is 480 g/mol. The second kappa shape index (κ2) is 7.55. The lowest BCUT2D eigenvalue weighted by Crippen LogP contribution is -1.94. The van der Waals surface area contributed by atoms with Gasteiger partial charge in [0.15, 0.2) is 0 Å². The second-order valence-electron chi connectivity index (χ2n) is 9.05. The molecule has 2 heteroatoms. The summed E-state index contributed by atoms with van der Waals surface area (Å²) in [4.78, 5) is 0. The van der Waals surface area contributed by atoms with Crippen LogP contribution in [0, 0.1) is 0 Å². The number of thiophene rings is 1. The lowest BCUT2D eigenvalue weighted by Gasteiger charge is -2.11. The first-order chi connectivity index (χ1) is 19.5. The van der Waals surface area contributed by atoms with Crippen LogP contribution >= 0.6 is 11.3 Å². The van der Waals surface area contributed by atoms with E-state index in [0.29, 0.717) is 10.1 Å². The number of hydrogen-bond donors (Lipinski definition) is 0. The zero-order chi connectivity index (χ0) is 27.1. The van der Waals surface area contributed by atoms with E-state index >= 15 is 0 Å². The third-order valence-corrected chi connectivity index (χ3v) is 8.24. The number of nitrogens with zero attached hydrogens (tertiary/aromatic N) is 1. The molecule has 0 saturated heterocycles. The van der Waals surface area contributed by atoms with E-state index in [2.05, 4.69) is 65.2 Å². The summed E-state index contributed by atoms with van der Waals surface area (Å²) < 4.78 is 38.4. The molecule has 0 fully saturated rings. The molecular formula is C34H21NS. The zero-order valence-electron chi connectivity index (χ0n) is 23.2. The van der Waals surface area contributed by atoms with Crippen molar-refractivity contribution in [3.8, 4) is 16.8 Å². The maximum absolute atomic E-state index is 8.94. The highest BCUT2D eigenvalue weighted by Gasteiger charge is 2.21. The van der Waals surface area contributed by atoms with Crippen LogP contribution in [-0.2, 0) is 0 Å². The van der Waals surface area contributed by atoms with Crippen LogP contribution in [-0.4, -0.2) is 4.57 Å². The molecule has 0 radical (unpaired) electrons. The minimum absolute atomic E-state index is 0.0142. The minimum Gasteiger partial charge on any atom is -0.309 e. The highest BCUT2D eigenvalue weighted by atomic mass is 32.1.